The van der Waals surface area contributed by atoms with E-state index < -0.39 is 0 Å². The predicted octanol–water partition coefficient (Wildman–Crippen LogP) is 1.07. The average molecular weight is 297 g/mol. The summed E-state index contributed by atoms with van der Waals surface area (Å²) in [5, 5.41) is 0. The molecule has 2 atom stereocenters. The number of rotatable bonds is 6. The second-order valence-corrected chi connectivity index (χ2v) is 6.45. The molecule has 21 heavy (non-hydrogen) atoms. The Kier molecular flexibility index (Phi) is 6.93. The van der Waals surface area contributed by atoms with Gasteiger partial charge in [-0.25, -0.2) is 0 Å². The first-order chi connectivity index (χ1) is 10.2. The van der Waals surface area contributed by atoms with E-state index >= 15 is 0 Å². The number of carbonyl (C=O) groups excluding carboxylic acids is 1. The van der Waals surface area contributed by atoms with Crippen molar-refractivity contribution in [1.82, 2.24) is 9.80 Å². The zero-order valence-corrected chi connectivity index (χ0v) is 13.4. The van der Waals surface area contributed by atoms with Gasteiger partial charge in [-0.3, -0.25) is 4.79 Å². The molecular formula is C16H31N3O2. The fraction of sp³-hybridized carbons (Fsp3) is 0.938. The van der Waals surface area contributed by atoms with Gasteiger partial charge in [0, 0.05) is 19.6 Å². The predicted molar refractivity (Wildman–Crippen MR) is 84.1 cm³/mol. The number of amides is 1. The SMILES string of the molecule is CC1CC(C(=O)N2CCCN(CCCCCN)CC2)CO1. The third kappa shape index (κ3) is 5.24. The van der Waals surface area contributed by atoms with Crippen molar-refractivity contribution < 1.29 is 9.53 Å². The highest BCUT2D eigenvalue weighted by molar-refractivity contribution is 5.79. The van der Waals surface area contributed by atoms with Crippen molar-refractivity contribution in [2.24, 2.45) is 11.7 Å². The van der Waals surface area contributed by atoms with Gasteiger partial charge in [0.25, 0.3) is 0 Å². The summed E-state index contributed by atoms with van der Waals surface area (Å²) in [5.41, 5.74) is 5.53. The molecule has 122 valence electrons. The Morgan fingerprint density at radius 3 is 2.76 bits per heavy atom. The van der Waals surface area contributed by atoms with Gasteiger partial charge in [0.1, 0.15) is 0 Å². The minimum atomic E-state index is 0.0936. The van der Waals surface area contributed by atoms with Gasteiger partial charge in [-0.15, -0.1) is 0 Å². The fourth-order valence-corrected chi connectivity index (χ4v) is 3.32. The highest BCUT2D eigenvalue weighted by Crippen LogP contribution is 2.22. The molecule has 0 saturated carbocycles. The van der Waals surface area contributed by atoms with E-state index in [9.17, 15) is 4.79 Å². The standard InChI is InChI=1S/C16H31N3O2/c1-14-12-15(13-21-14)16(20)19-9-5-8-18(10-11-19)7-4-2-3-6-17/h14-15H,2-13,17H2,1H3. The van der Waals surface area contributed by atoms with E-state index in [-0.39, 0.29) is 12.0 Å². The Balaban J connectivity index is 1.71. The summed E-state index contributed by atoms with van der Waals surface area (Å²) >= 11 is 0. The van der Waals surface area contributed by atoms with Crippen LogP contribution in [0.5, 0.6) is 0 Å². The molecule has 0 aromatic heterocycles. The van der Waals surface area contributed by atoms with Crippen molar-refractivity contribution in [3.05, 3.63) is 0 Å². The van der Waals surface area contributed by atoms with Crippen LogP contribution in [-0.2, 0) is 9.53 Å². The molecule has 2 saturated heterocycles. The maximum absolute atomic E-state index is 12.5. The van der Waals surface area contributed by atoms with E-state index in [2.05, 4.69) is 16.7 Å². The molecule has 0 bridgehead atoms. The molecule has 2 heterocycles. The van der Waals surface area contributed by atoms with Gasteiger partial charge in [-0.1, -0.05) is 6.42 Å². The van der Waals surface area contributed by atoms with Crippen LogP contribution in [0.3, 0.4) is 0 Å². The molecule has 2 aliphatic heterocycles. The van der Waals surface area contributed by atoms with Crippen LogP contribution < -0.4 is 5.73 Å². The molecule has 2 rings (SSSR count). The lowest BCUT2D eigenvalue weighted by Gasteiger charge is -2.24. The molecule has 2 unspecified atom stereocenters. The van der Waals surface area contributed by atoms with Gasteiger partial charge in [-0.2, -0.15) is 0 Å². The first-order valence-corrected chi connectivity index (χ1v) is 8.53. The minimum absolute atomic E-state index is 0.0936. The number of hydrogen-bond donors (Lipinski definition) is 1. The third-order valence-corrected chi connectivity index (χ3v) is 4.63. The van der Waals surface area contributed by atoms with Crippen LogP contribution >= 0.6 is 0 Å². The van der Waals surface area contributed by atoms with E-state index in [4.69, 9.17) is 10.5 Å². The van der Waals surface area contributed by atoms with Gasteiger partial charge >= 0.3 is 0 Å². The number of carbonyl (C=O) groups is 1. The number of nitrogens with two attached hydrogens (primary N) is 1. The lowest BCUT2D eigenvalue weighted by molar-refractivity contribution is -0.135. The van der Waals surface area contributed by atoms with Crippen LogP contribution in [0.2, 0.25) is 0 Å². The average Bonchev–Trinajstić information content (AvgIpc) is 2.78. The zero-order chi connectivity index (χ0) is 15.1. The Morgan fingerprint density at radius 2 is 2.05 bits per heavy atom. The minimum Gasteiger partial charge on any atom is -0.378 e. The maximum atomic E-state index is 12.5. The smallest absolute Gasteiger partial charge is 0.228 e. The largest absolute Gasteiger partial charge is 0.378 e. The van der Waals surface area contributed by atoms with Gasteiger partial charge in [-0.05, 0) is 52.2 Å². The number of nitrogens with zero attached hydrogens (tertiary/aromatic N) is 2. The second-order valence-electron chi connectivity index (χ2n) is 6.45. The van der Waals surface area contributed by atoms with E-state index in [1.165, 1.54) is 12.8 Å². The van der Waals surface area contributed by atoms with Gasteiger partial charge < -0.3 is 20.3 Å². The molecule has 5 heteroatoms. The highest BCUT2D eigenvalue weighted by Gasteiger charge is 2.32. The van der Waals surface area contributed by atoms with E-state index in [0.29, 0.717) is 12.5 Å². The molecule has 2 N–H and O–H groups in total. The summed E-state index contributed by atoms with van der Waals surface area (Å²) in [6.07, 6.45) is 5.78. The zero-order valence-electron chi connectivity index (χ0n) is 13.4. The Morgan fingerprint density at radius 1 is 1.19 bits per heavy atom. The Labute approximate surface area is 128 Å². The van der Waals surface area contributed by atoms with Crippen molar-refractivity contribution in [3.63, 3.8) is 0 Å². The monoisotopic (exact) mass is 297 g/mol. The van der Waals surface area contributed by atoms with Crippen LogP contribution in [0.25, 0.3) is 0 Å². The summed E-state index contributed by atoms with van der Waals surface area (Å²) in [5.74, 6) is 0.403. The summed E-state index contributed by atoms with van der Waals surface area (Å²) < 4.78 is 5.54. The molecule has 0 aromatic carbocycles. The van der Waals surface area contributed by atoms with Crippen molar-refractivity contribution in [2.45, 2.75) is 45.1 Å². The highest BCUT2D eigenvalue weighted by atomic mass is 16.5. The van der Waals surface area contributed by atoms with Crippen LogP contribution in [0, 0.1) is 5.92 Å². The summed E-state index contributed by atoms with van der Waals surface area (Å²) in [6, 6.07) is 0. The number of ether oxygens (including phenoxy) is 1. The van der Waals surface area contributed by atoms with Crippen molar-refractivity contribution in [3.8, 4) is 0 Å². The molecule has 1 amide bonds. The molecule has 2 aliphatic rings. The lowest BCUT2D eigenvalue weighted by atomic mass is 10.0. The molecular weight excluding hydrogens is 266 g/mol. The topological polar surface area (TPSA) is 58.8 Å². The fourth-order valence-electron chi connectivity index (χ4n) is 3.32. The molecule has 0 aromatic rings. The van der Waals surface area contributed by atoms with E-state index in [1.54, 1.807) is 0 Å². The summed E-state index contributed by atoms with van der Waals surface area (Å²) in [7, 11) is 0. The normalized spacial score (nSPS) is 27.8. The number of unbranched alkanes of at least 4 members (excludes halogenated alkanes) is 2. The van der Waals surface area contributed by atoms with Crippen molar-refractivity contribution in [2.75, 3.05) is 45.9 Å². The summed E-state index contributed by atoms with van der Waals surface area (Å²) in [6.45, 7) is 8.51. The van der Waals surface area contributed by atoms with Crippen LogP contribution in [0.1, 0.15) is 39.0 Å². The Hall–Kier alpha value is -0.650. The second kappa shape index (κ2) is 8.71. The first-order valence-electron chi connectivity index (χ1n) is 8.53. The number of hydrogen-bond acceptors (Lipinski definition) is 4. The van der Waals surface area contributed by atoms with Gasteiger partial charge in [0.15, 0.2) is 0 Å². The molecule has 5 nitrogen and oxygen atoms in total. The third-order valence-electron chi connectivity index (χ3n) is 4.63. The van der Waals surface area contributed by atoms with Crippen molar-refractivity contribution >= 4 is 5.91 Å². The van der Waals surface area contributed by atoms with E-state index in [0.717, 1.165) is 58.5 Å². The van der Waals surface area contributed by atoms with E-state index in [1.807, 2.05) is 0 Å². The van der Waals surface area contributed by atoms with Crippen LogP contribution in [0.15, 0.2) is 0 Å². The Bertz CT molecular complexity index is 325. The molecule has 2 fully saturated rings. The van der Waals surface area contributed by atoms with Gasteiger partial charge in [0.2, 0.25) is 5.91 Å². The van der Waals surface area contributed by atoms with Crippen LogP contribution in [0.4, 0.5) is 0 Å². The summed E-state index contributed by atoms with van der Waals surface area (Å²) in [4.78, 5) is 17.1. The van der Waals surface area contributed by atoms with Crippen molar-refractivity contribution in [1.29, 1.82) is 0 Å². The van der Waals surface area contributed by atoms with Gasteiger partial charge in [0.05, 0.1) is 18.6 Å². The van der Waals surface area contributed by atoms with Crippen LogP contribution in [-0.4, -0.2) is 67.7 Å². The molecule has 0 radical (unpaired) electrons. The molecule has 0 spiro atoms. The first kappa shape index (κ1) is 16.7. The lowest BCUT2D eigenvalue weighted by Crippen LogP contribution is -2.39. The quantitative estimate of drug-likeness (QED) is 0.745. The maximum Gasteiger partial charge on any atom is 0.228 e. The molecule has 0 aliphatic carbocycles.